The Morgan fingerprint density at radius 3 is 2.88 bits per heavy atom. The van der Waals surface area contributed by atoms with Crippen LogP contribution in [0, 0.1) is 5.82 Å². The van der Waals surface area contributed by atoms with Crippen molar-refractivity contribution in [2.45, 2.75) is 19.9 Å². The third-order valence-electron chi connectivity index (χ3n) is 2.79. The zero-order valence-electron chi connectivity index (χ0n) is 9.61. The molecule has 0 unspecified atom stereocenters. The Kier molecular flexibility index (Phi) is 3.24. The Morgan fingerprint density at radius 2 is 2.24 bits per heavy atom. The number of halogens is 1. The highest BCUT2D eigenvalue weighted by Gasteiger charge is 2.14. The molecule has 0 bridgehead atoms. The Labute approximate surface area is 98.5 Å². The Bertz CT molecular complexity index is 560. The van der Waals surface area contributed by atoms with Crippen LogP contribution < -0.4 is 0 Å². The first-order chi connectivity index (χ1) is 8.15. The molecular formula is C13H14FNO2. The lowest BCUT2D eigenvalue weighted by Crippen LogP contribution is -1.99. The van der Waals surface area contributed by atoms with Crippen LogP contribution in [0.4, 0.5) is 4.39 Å². The molecule has 0 fully saturated rings. The fourth-order valence-corrected chi connectivity index (χ4v) is 2.01. The van der Waals surface area contributed by atoms with Crippen LogP contribution in [0.5, 0.6) is 0 Å². The van der Waals surface area contributed by atoms with Crippen molar-refractivity contribution in [1.82, 2.24) is 4.57 Å². The van der Waals surface area contributed by atoms with Crippen molar-refractivity contribution in [2.24, 2.45) is 0 Å². The molecule has 0 atom stereocenters. The minimum absolute atomic E-state index is 0.0452. The lowest BCUT2D eigenvalue weighted by Gasteiger charge is -2.03. The molecule has 0 aliphatic carbocycles. The molecule has 0 amide bonds. The maximum atomic E-state index is 13.8. The lowest BCUT2D eigenvalue weighted by atomic mass is 10.1. The summed E-state index contributed by atoms with van der Waals surface area (Å²) in [4.78, 5) is 11.5. The number of aryl methyl sites for hydroxylation is 1. The summed E-state index contributed by atoms with van der Waals surface area (Å²) in [6, 6.07) is 4.72. The molecule has 1 heterocycles. The molecular weight excluding hydrogens is 221 g/mol. The second kappa shape index (κ2) is 4.67. The number of para-hydroxylation sites is 1. The van der Waals surface area contributed by atoms with Gasteiger partial charge in [-0.05, 0) is 19.4 Å². The number of rotatable bonds is 4. The molecule has 0 spiro atoms. The summed E-state index contributed by atoms with van der Waals surface area (Å²) in [5.74, 6) is -0.420. The summed E-state index contributed by atoms with van der Waals surface area (Å²) in [5.41, 5.74) is 0.962. The number of fused-ring (bicyclic) bond motifs is 1. The van der Waals surface area contributed by atoms with Crippen LogP contribution in [-0.2, 0) is 6.54 Å². The fraction of sp³-hybridized carbons (Fsp3) is 0.308. The quantitative estimate of drug-likeness (QED) is 0.827. The van der Waals surface area contributed by atoms with E-state index in [0.717, 1.165) is 0 Å². The van der Waals surface area contributed by atoms with Crippen LogP contribution in [0.1, 0.15) is 23.7 Å². The summed E-state index contributed by atoms with van der Waals surface area (Å²) in [6.07, 6.45) is 2.20. The summed E-state index contributed by atoms with van der Waals surface area (Å²) < 4.78 is 15.4. The zero-order chi connectivity index (χ0) is 12.4. The second-order valence-corrected chi connectivity index (χ2v) is 4.01. The summed E-state index contributed by atoms with van der Waals surface area (Å²) in [5, 5.41) is 9.45. The van der Waals surface area contributed by atoms with E-state index in [-0.39, 0.29) is 18.2 Å². The van der Waals surface area contributed by atoms with Crippen LogP contribution in [0.25, 0.3) is 10.9 Å². The highest BCUT2D eigenvalue weighted by molar-refractivity contribution is 6.07. The van der Waals surface area contributed by atoms with Gasteiger partial charge in [-0.15, -0.1) is 0 Å². The van der Waals surface area contributed by atoms with Crippen molar-refractivity contribution in [2.75, 3.05) is 6.61 Å². The van der Waals surface area contributed by atoms with Gasteiger partial charge in [0.15, 0.2) is 5.78 Å². The average molecular weight is 235 g/mol. The molecule has 2 aromatic rings. The van der Waals surface area contributed by atoms with Crippen LogP contribution in [0.15, 0.2) is 24.4 Å². The Hall–Kier alpha value is -1.68. The normalized spacial score (nSPS) is 11.0. The number of Topliss-reactive ketones (excluding diaryl/α,β-unsaturated/α-hetero) is 1. The molecule has 1 aromatic heterocycles. The highest BCUT2D eigenvalue weighted by atomic mass is 19.1. The lowest BCUT2D eigenvalue weighted by molar-refractivity contribution is 0.101. The molecule has 0 aliphatic heterocycles. The van der Waals surface area contributed by atoms with Crippen LogP contribution in [0.2, 0.25) is 0 Å². The van der Waals surface area contributed by atoms with E-state index in [1.165, 1.54) is 13.0 Å². The van der Waals surface area contributed by atoms with Gasteiger partial charge in [0.1, 0.15) is 5.82 Å². The maximum Gasteiger partial charge on any atom is 0.161 e. The monoisotopic (exact) mass is 235 g/mol. The summed E-state index contributed by atoms with van der Waals surface area (Å²) in [6.45, 7) is 2.01. The maximum absolute atomic E-state index is 13.8. The molecule has 0 radical (unpaired) electrons. The molecule has 0 saturated heterocycles. The van der Waals surface area contributed by atoms with Gasteiger partial charge in [0.25, 0.3) is 0 Å². The van der Waals surface area contributed by atoms with E-state index in [4.69, 9.17) is 5.11 Å². The standard InChI is InChI=1S/C13H14FNO2/c1-9(17)11-8-15(6-3-7-16)13-10(11)4-2-5-12(13)14/h2,4-5,8,16H,3,6-7H2,1H3. The molecule has 1 N–H and O–H groups in total. The average Bonchev–Trinajstić information content (AvgIpc) is 2.67. The number of carbonyl (C=O) groups is 1. The van der Waals surface area contributed by atoms with E-state index in [2.05, 4.69) is 0 Å². The van der Waals surface area contributed by atoms with Gasteiger partial charge in [-0.1, -0.05) is 12.1 Å². The molecule has 2 rings (SSSR count). The van der Waals surface area contributed by atoms with Crippen LogP contribution in [-0.4, -0.2) is 22.1 Å². The number of carbonyl (C=O) groups excluding carboxylic acids is 1. The van der Waals surface area contributed by atoms with Gasteiger partial charge in [0.2, 0.25) is 0 Å². The van der Waals surface area contributed by atoms with E-state index in [0.29, 0.717) is 29.4 Å². The zero-order valence-corrected chi connectivity index (χ0v) is 9.61. The SMILES string of the molecule is CC(=O)c1cn(CCCO)c2c(F)cccc12. The van der Waals surface area contributed by atoms with E-state index in [9.17, 15) is 9.18 Å². The van der Waals surface area contributed by atoms with Crippen LogP contribution in [0.3, 0.4) is 0 Å². The van der Waals surface area contributed by atoms with E-state index in [1.54, 1.807) is 22.9 Å². The number of hydrogen-bond acceptors (Lipinski definition) is 2. The first-order valence-electron chi connectivity index (χ1n) is 5.54. The van der Waals surface area contributed by atoms with Gasteiger partial charge < -0.3 is 9.67 Å². The van der Waals surface area contributed by atoms with Crippen molar-refractivity contribution >= 4 is 16.7 Å². The smallest absolute Gasteiger partial charge is 0.161 e. The minimum Gasteiger partial charge on any atom is -0.396 e. The molecule has 90 valence electrons. The van der Waals surface area contributed by atoms with Gasteiger partial charge in [0.05, 0.1) is 5.52 Å². The van der Waals surface area contributed by atoms with Crippen molar-refractivity contribution < 1.29 is 14.3 Å². The topological polar surface area (TPSA) is 42.2 Å². The predicted octanol–water partition coefficient (Wildman–Crippen LogP) is 2.37. The van der Waals surface area contributed by atoms with Gasteiger partial charge in [-0.3, -0.25) is 4.79 Å². The fourth-order valence-electron chi connectivity index (χ4n) is 2.01. The summed E-state index contributed by atoms with van der Waals surface area (Å²) in [7, 11) is 0. The first kappa shape index (κ1) is 11.8. The van der Waals surface area contributed by atoms with Crippen molar-refractivity contribution in [1.29, 1.82) is 0 Å². The van der Waals surface area contributed by atoms with Crippen LogP contribution >= 0.6 is 0 Å². The molecule has 3 nitrogen and oxygen atoms in total. The van der Waals surface area contributed by atoms with Crippen molar-refractivity contribution in [3.05, 3.63) is 35.8 Å². The van der Waals surface area contributed by atoms with Gasteiger partial charge in [0, 0.05) is 30.3 Å². The summed E-state index contributed by atoms with van der Waals surface area (Å²) >= 11 is 0. The minimum atomic E-state index is -0.340. The molecule has 4 heteroatoms. The Morgan fingerprint density at radius 1 is 1.47 bits per heavy atom. The second-order valence-electron chi connectivity index (χ2n) is 4.01. The van der Waals surface area contributed by atoms with Gasteiger partial charge in [-0.2, -0.15) is 0 Å². The number of nitrogens with zero attached hydrogens (tertiary/aromatic N) is 1. The molecule has 1 aromatic carbocycles. The largest absolute Gasteiger partial charge is 0.396 e. The molecule has 0 saturated carbocycles. The predicted molar refractivity (Wildman–Crippen MR) is 63.6 cm³/mol. The number of aliphatic hydroxyl groups is 1. The van der Waals surface area contributed by atoms with E-state index in [1.807, 2.05) is 0 Å². The van der Waals surface area contributed by atoms with Gasteiger partial charge >= 0.3 is 0 Å². The Balaban J connectivity index is 2.63. The highest BCUT2D eigenvalue weighted by Crippen LogP contribution is 2.24. The number of aromatic nitrogens is 1. The van der Waals surface area contributed by atoms with Crippen molar-refractivity contribution in [3.63, 3.8) is 0 Å². The molecule has 0 aliphatic rings. The number of benzene rings is 1. The third-order valence-corrected chi connectivity index (χ3v) is 2.79. The third kappa shape index (κ3) is 2.08. The first-order valence-corrected chi connectivity index (χ1v) is 5.54. The number of aliphatic hydroxyl groups excluding tert-OH is 1. The molecule has 17 heavy (non-hydrogen) atoms. The number of hydrogen-bond donors (Lipinski definition) is 1. The van der Waals surface area contributed by atoms with E-state index < -0.39 is 0 Å². The number of ketones is 1. The van der Waals surface area contributed by atoms with E-state index >= 15 is 0 Å². The van der Waals surface area contributed by atoms with Gasteiger partial charge in [-0.25, -0.2) is 4.39 Å². The van der Waals surface area contributed by atoms with Crippen molar-refractivity contribution in [3.8, 4) is 0 Å².